The van der Waals surface area contributed by atoms with Crippen molar-refractivity contribution in [3.63, 3.8) is 0 Å². The van der Waals surface area contributed by atoms with Crippen molar-refractivity contribution < 1.29 is 4.79 Å². The smallest absolute Gasteiger partial charge is 0.329 e. The fourth-order valence-electron chi connectivity index (χ4n) is 1.40. The molecule has 13 heavy (non-hydrogen) atoms. The summed E-state index contributed by atoms with van der Waals surface area (Å²) in [5.74, 6) is 0. The van der Waals surface area contributed by atoms with Crippen LogP contribution in [0.15, 0.2) is 0 Å². The minimum absolute atomic E-state index is 0.252. The van der Waals surface area contributed by atoms with E-state index in [0.29, 0.717) is 0 Å². The number of hydrazine groups is 1. The van der Waals surface area contributed by atoms with Gasteiger partial charge in [0.2, 0.25) is 0 Å². The zero-order valence-electron chi connectivity index (χ0n) is 9.29. The van der Waals surface area contributed by atoms with Gasteiger partial charge in [-0.25, -0.2) is 9.80 Å². The average Bonchev–Trinajstić information content (AvgIpc) is 1.96. The summed E-state index contributed by atoms with van der Waals surface area (Å²) < 4.78 is 0. The van der Waals surface area contributed by atoms with Gasteiger partial charge in [-0.05, 0) is 20.8 Å². The van der Waals surface area contributed by atoms with E-state index >= 15 is 0 Å². The van der Waals surface area contributed by atoms with E-state index in [2.05, 4.69) is 0 Å². The topological polar surface area (TPSA) is 49.6 Å². The highest BCUT2D eigenvalue weighted by Gasteiger charge is 2.28. The molecule has 0 bridgehead atoms. The van der Waals surface area contributed by atoms with Crippen molar-refractivity contribution in [2.24, 2.45) is 5.73 Å². The molecule has 0 fully saturated rings. The molecule has 0 heterocycles. The molecule has 0 saturated carbocycles. The second kappa shape index (κ2) is 4.46. The van der Waals surface area contributed by atoms with Gasteiger partial charge in [0.1, 0.15) is 0 Å². The van der Waals surface area contributed by atoms with Crippen LogP contribution in [0.3, 0.4) is 0 Å². The zero-order valence-corrected chi connectivity index (χ0v) is 9.29. The molecule has 4 nitrogen and oxygen atoms in total. The van der Waals surface area contributed by atoms with Crippen LogP contribution in [-0.4, -0.2) is 34.7 Å². The maximum absolute atomic E-state index is 11.2. The Hall–Kier alpha value is -0.770. The van der Waals surface area contributed by atoms with E-state index in [1.807, 2.05) is 39.6 Å². The first kappa shape index (κ1) is 12.2. The Balaban J connectivity index is 4.69. The van der Waals surface area contributed by atoms with E-state index in [9.17, 15) is 4.79 Å². The summed E-state index contributed by atoms with van der Waals surface area (Å²) in [4.78, 5) is 11.2. The van der Waals surface area contributed by atoms with E-state index in [0.717, 1.165) is 13.1 Å². The molecule has 0 aromatic rings. The quantitative estimate of drug-likeness (QED) is 0.679. The lowest BCUT2D eigenvalue weighted by molar-refractivity contribution is -0.0373. The molecule has 0 aromatic heterocycles. The highest BCUT2D eigenvalue weighted by Crippen LogP contribution is 2.15. The van der Waals surface area contributed by atoms with E-state index in [4.69, 9.17) is 5.73 Å². The SMILES string of the molecule is CCN(CC)N(C(N)=O)C(C)(C)C. The molecule has 2 N–H and O–H groups in total. The molecular formula is C9H21N3O. The highest BCUT2D eigenvalue weighted by atomic mass is 16.2. The Morgan fingerprint density at radius 1 is 1.23 bits per heavy atom. The number of hydrogen-bond donors (Lipinski definition) is 1. The molecule has 2 amide bonds. The predicted octanol–water partition coefficient (Wildman–Crippen LogP) is 1.42. The van der Waals surface area contributed by atoms with Crippen molar-refractivity contribution in [2.45, 2.75) is 40.2 Å². The molecule has 0 unspecified atom stereocenters. The van der Waals surface area contributed by atoms with Crippen LogP contribution in [0.1, 0.15) is 34.6 Å². The monoisotopic (exact) mass is 187 g/mol. The molecule has 0 saturated heterocycles. The number of primary amides is 1. The summed E-state index contributed by atoms with van der Waals surface area (Å²) in [5, 5.41) is 3.54. The van der Waals surface area contributed by atoms with E-state index in [-0.39, 0.29) is 5.54 Å². The van der Waals surface area contributed by atoms with Gasteiger partial charge in [-0.1, -0.05) is 13.8 Å². The van der Waals surface area contributed by atoms with Gasteiger partial charge in [-0.2, -0.15) is 0 Å². The fraction of sp³-hybridized carbons (Fsp3) is 0.889. The molecule has 0 rings (SSSR count). The fourth-order valence-corrected chi connectivity index (χ4v) is 1.40. The Labute approximate surface area is 80.7 Å². The number of rotatable bonds is 3. The van der Waals surface area contributed by atoms with Crippen molar-refractivity contribution in [3.8, 4) is 0 Å². The third-order valence-corrected chi connectivity index (χ3v) is 1.86. The molecular weight excluding hydrogens is 166 g/mol. The van der Waals surface area contributed by atoms with Crippen molar-refractivity contribution in [1.82, 2.24) is 10.0 Å². The van der Waals surface area contributed by atoms with Crippen LogP contribution >= 0.6 is 0 Å². The average molecular weight is 187 g/mol. The van der Waals surface area contributed by atoms with Gasteiger partial charge in [-0.3, -0.25) is 5.01 Å². The summed E-state index contributed by atoms with van der Waals surface area (Å²) in [6, 6.07) is -0.392. The predicted molar refractivity (Wildman–Crippen MR) is 54.1 cm³/mol. The number of urea groups is 1. The van der Waals surface area contributed by atoms with Crippen LogP contribution in [-0.2, 0) is 0 Å². The van der Waals surface area contributed by atoms with Crippen molar-refractivity contribution >= 4 is 6.03 Å². The maximum atomic E-state index is 11.2. The van der Waals surface area contributed by atoms with E-state index in [1.54, 1.807) is 5.01 Å². The second-order valence-electron chi connectivity index (χ2n) is 3.96. The normalized spacial score (nSPS) is 11.8. The van der Waals surface area contributed by atoms with Gasteiger partial charge < -0.3 is 5.73 Å². The van der Waals surface area contributed by atoms with Crippen LogP contribution in [0.5, 0.6) is 0 Å². The molecule has 0 aliphatic heterocycles. The van der Waals surface area contributed by atoms with Gasteiger partial charge >= 0.3 is 6.03 Å². The summed E-state index contributed by atoms with van der Waals surface area (Å²) in [6.45, 7) is 11.5. The van der Waals surface area contributed by atoms with Crippen molar-refractivity contribution in [3.05, 3.63) is 0 Å². The van der Waals surface area contributed by atoms with Crippen LogP contribution in [0.25, 0.3) is 0 Å². The molecule has 0 spiro atoms. The van der Waals surface area contributed by atoms with Crippen molar-refractivity contribution in [2.75, 3.05) is 13.1 Å². The van der Waals surface area contributed by atoms with E-state index in [1.165, 1.54) is 0 Å². The molecule has 78 valence electrons. The van der Waals surface area contributed by atoms with Gasteiger partial charge in [0.15, 0.2) is 0 Å². The second-order valence-corrected chi connectivity index (χ2v) is 3.96. The Morgan fingerprint density at radius 3 is 1.69 bits per heavy atom. The highest BCUT2D eigenvalue weighted by molar-refractivity contribution is 5.72. The summed E-state index contributed by atoms with van der Waals surface area (Å²) in [6.07, 6.45) is 0. The Kier molecular flexibility index (Phi) is 4.20. The summed E-state index contributed by atoms with van der Waals surface area (Å²) in [5.41, 5.74) is 5.07. The number of nitrogens with zero attached hydrogens (tertiary/aromatic N) is 2. The first-order chi connectivity index (χ1) is 5.84. The number of hydrogen-bond acceptors (Lipinski definition) is 2. The summed E-state index contributed by atoms with van der Waals surface area (Å²) in [7, 11) is 0. The lowest BCUT2D eigenvalue weighted by atomic mass is 10.1. The molecule has 0 aromatic carbocycles. The van der Waals surface area contributed by atoms with Gasteiger partial charge in [-0.15, -0.1) is 0 Å². The first-order valence-corrected chi connectivity index (χ1v) is 4.69. The van der Waals surface area contributed by atoms with Crippen LogP contribution in [0.2, 0.25) is 0 Å². The molecule has 4 heteroatoms. The van der Waals surface area contributed by atoms with Crippen LogP contribution in [0, 0.1) is 0 Å². The third kappa shape index (κ3) is 3.22. The maximum Gasteiger partial charge on any atom is 0.329 e. The number of amides is 2. The van der Waals surface area contributed by atoms with E-state index < -0.39 is 6.03 Å². The minimum atomic E-state index is -0.392. The Morgan fingerprint density at radius 2 is 1.62 bits per heavy atom. The minimum Gasteiger partial charge on any atom is -0.350 e. The first-order valence-electron chi connectivity index (χ1n) is 4.69. The lowest BCUT2D eigenvalue weighted by Gasteiger charge is -2.41. The molecule has 0 aliphatic carbocycles. The lowest BCUT2D eigenvalue weighted by Crippen LogP contribution is -2.57. The summed E-state index contributed by atoms with van der Waals surface area (Å²) >= 11 is 0. The van der Waals surface area contributed by atoms with Crippen LogP contribution in [0.4, 0.5) is 4.79 Å². The Bertz CT molecular complexity index is 170. The number of carbonyl (C=O) groups is 1. The van der Waals surface area contributed by atoms with Crippen LogP contribution < -0.4 is 5.73 Å². The third-order valence-electron chi connectivity index (χ3n) is 1.86. The largest absolute Gasteiger partial charge is 0.350 e. The molecule has 0 atom stereocenters. The van der Waals surface area contributed by atoms with Gasteiger partial charge in [0, 0.05) is 13.1 Å². The standard InChI is InChI=1S/C9H21N3O/c1-6-11(7-2)12(8(10)13)9(3,4)5/h6-7H2,1-5H3,(H2,10,13). The number of nitrogens with two attached hydrogens (primary N) is 1. The molecule has 0 radical (unpaired) electrons. The van der Waals surface area contributed by atoms with Gasteiger partial charge in [0.05, 0.1) is 5.54 Å². The number of carbonyl (C=O) groups excluding carboxylic acids is 1. The molecule has 0 aliphatic rings. The van der Waals surface area contributed by atoms with Gasteiger partial charge in [0.25, 0.3) is 0 Å². The zero-order chi connectivity index (χ0) is 10.6. The van der Waals surface area contributed by atoms with Crippen molar-refractivity contribution in [1.29, 1.82) is 0 Å².